The van der Waals surface area contributed by atoms with Crippen LogP contribution in [0.2, 0.25) is 0 Å². The molecule has 0 aliphatic heterocycles. The van der Waals surface area contributed by atoms with E-state index in [9.17, 15) is 4.79 Å². The number of aliphatic hydroxyl groups is 1. The lowest BCUT2D eigenvalue weighted by molar-refractivity contribution is -0.116. The van der Waals surface area contributed by atoms with E-state index < -0.39 is 0 Å². The normalized spacial score (nSPS) is 10.7. The fraction of sp³-hybridized carbons (Fsp3) is 0.500. The maximum atomic E-state index is 11.6. The van der Waals surface area contributed by atoms with Crippen LogP contribution in [0.4, 0.5) is 5.69 Å². The van der Waals surface area contributed by atoms with Crippen LogP contribution in [0.15, 0.2) is 24.3 Å². The smallest absolute Gasteiger partial charge is 0.224 e. The number of anilines is 1. The lowest BCUT2D eigenvalue weighted by Gasteiger charge is -2.11. The summed E-state index contributed by atoms with van der Waals surface area (Å²) in [6, 6.07) is 7.87. The van der Waals surface area contributed by atoms with Gasteiger partial charge < -0.3 is 15.3 Å². The van der Waals surface area contributed by atoms with Crippen LogP contribution in [0, 0.1) is 0 Å². The molecule has 0 bridgehead atoms. The van der Waals surface area contributed by atoms with E-state index in [1.165, 1.54) is 5.56 Å². The van der Waals surface area contributed by atoms with Crippen LogP contribution >= 0.6 is 0 Å². The van der Waals surface area contributed by atoms with Crippen molar-refractivity contribution in [2.24, 2.45) is 0 Å². The summed E-state index contributed by atoms with van der Waals surface area (Å²) in [5.74, 6) is 0.00505. The summed E-state index contributed by atoms with van der Waals surface area (Å²) in [4.78, 5) is 13.7. The fourth-order valence-electron chi connectivity index (χ4n) is 1.73. The molecule has 0 fully saturated rings. The molecule has 0 saturated heterocycles. The summed E-state index contributed by atoms with van der Waals surface area (Å²) in [7, 11) is 4.03. The second-order valence-electron chi connectivity index (χ2n) is 4.67. The number of carbonyl (C=O) groups is 1. The monoisotopic (exact) mass is 250 g/mol. The molecule has 0 atom stereocenters. The number of aliphatic hydroxyl groups excluding tert-OH is 1. The Kier molecular flexibility index (Phi) is 6.39. The predicted molar refractivity (Wildman–Crippen MR) is 73.4 cm³/mol. The molecule has 2 N–H and O–H groups in total. The predicted octanol–water partition coefficient (Wildman–Crippen LogP) is 1.85. The van der Waals surface area contributed by atoms with E-state index in [-0.39, 0.29) is 12.5 Å². The van der Waals surface area contributed by atoms with Gasteiger partial charge in [-0.05, 0) is 44.6 Å². The van der Waals surface area contributed by atoms with Crippen LogP contribution in [0.5, 0.6) is 0 Å². The Morgan fingerprint density at radius 2 is 2.11 bits per heavy atom. The molecule has 0 aliphatic rings. The zero-order chi connectivity index (χ0) is 13.4. The van der Waals surface area contributed by atoms with Crippen molar-refractivity contribution in [3.63, 3.8) is 0 Å². The molecule has 18 heavy (non-hydrogen) atoms. The Bertz CT molecular complexity index is 378. The first-order chi connectivity index (χ1) is 8.61. The molecule has 1 aromatic rings. The fourth-order valence-corrected chi connectivity index (χ4v) is 1.73. The molecule has 0 unspecified atom stereocenters. The summed E-state index contributed by atoms with van der Waals surface area (Å²) in [6.45, 7) is 1.000. The van der Waals surface area contributed by atoms with Gasteiger partial charge in [-0.15, -0.1) is 0 Å². The first kappa shape index (κ1) is 14.7. The van der Waals surface area contributed by atoms with E-state index in [1.807, 2.05) is 38.4 Å². The van der Waals surface area contributed by atoms with Crippen molar-refractivity contribution in [3.05, 3.63) is 29.8 Å². The summed E-state index contributed by atoms with van der Waals surface area (Å²) in [5, 5.41) is 11.5. The standard InChI is InChI=1S/C14H22N2O2/c1-16(2)11-12-6-5-7-13(10-12)15-14(18)8-3-4-9-17/h5-7,10,17H,3-4,8-9,11H2,1-2H3,(H,15,18). The third-order valence-corrected chi connectivity index (χ3v) is 2.52. The molecule has 1 aromatic carbocycles. The zero-order valence-electron chi connectivity index (χ0n) is 11.1. The third-order valence-electron chi connectivity index (χ3n) is 2.52. The lowest BCUT2D eigenvalue weighted by Crippen LogP contribution is -2.13. The number of carbonyl (C=O) groups excluding carboxylic acids is 1. The molecule has 0 heterocycles. The first-order valence-electron chi connectivity index (χ1n) is 6.26. The second-order valence-corrected chi connectivity index (χ2v) is 4.67. The summed E-state index contributed by atoms with van der Waals surface area (Å²) in [5.41, 5.74) is 2.01. The molecular weight excluding hydrogens is 228 g/mol. The van der Waals surface area contributed by atoms with Gasteiger partial charge in [-0.1, -0.05) is 12.1 Å². The van der Waals surface area contributed by atoms with Gasteiger partial charge in [-0.2, -0.15) is 0 Å². The largest absolute Gasteiger partial charge is 0.396 e. The quantitative estimate of drug-likeness (QED) is 0.726. The van der Waals surface area contributed by atoms with Crippen molar-refractivity contribution in [1.82, 2.24) is 4.90 Å². The highest BCUT2D eigenvalue weighted by atomic mass is 16.2. The highest BCUT2D eigenvalue weighted by Crippen LogP contribution is 2.12. The van der Waals surface area contributed by atoms with Gasteiger partial charge in [0.1, 0.15) is 0 Å². The second kappa shape index (κ2) is 7.84. The molecule has 0 saturated carbocycles. The highest BCUT2D eigenvalue weighted by molar-refractivity contribution is 5.90. The Labute approximate surface area is 109 Å². The van der Waals surface area contributed by atoms with E-state index >= 15 is 0 Å². The molecular formula is C14H22N2O2. The molecule has 100 valence electrons. The van der Waals surface area contributed by atoms with Gasteiger partial charge in [0, 0.05) is 25.3 Å². The lowest BCUT2D eigenvalue weighted by atomic mass is 10.2. The molecule has 1 amide bonds. The van der Waals surface area contributed by atoms with Gasteiger partial charge >= 0.3 is 0 Å². The Hall–Kier alpha value is -1.39. The summed E-state index contributed by atoms with van der Waals surface area (Å²) >= 11 is 0. The molecule has 0 aliphatic carbocycles. The minimum Gasteiger partial charge on any atom is -0.396 e. The Balaban J connectivity index is 2.48. The number of hydrogen-bond donors (Lipinski definition) is 2. The number of hydrogen-bond acceptors (Lipinski definition) is 3. The molecule has 0 aromatic heterocycles. The zero-order valence-corrected chi connectivity index (χ0v) is 11.1. The first-order valence-corrected chi connectivity index (χ1v) is 6.26. The van der Waals surface area contributed by atoms with Gasteiger partial charge in [0.2, 0.25) is 5.91 Å². The van der Waals surface area contributed by atoms with Crippen molar-refractivity contribution in [1.29, 1.82) is 0 Å². The molecule has 0 spiro atoms. The van der Waals surface area contributed by atoms with Gasteiger partial charge in [-0.3, -0.25) is 4.79 Å². The number of amides is 1. The topological polar surface area (TPSA) is 52.6 Å². The molecule has 0 radical (unpaired) electrons. The van der Waals surface area contributed by atoms with E-state index in [0.29, 0.717) is 12.8 Å². The van der Waals surface area contributed by atoms with E-state index in [2.05, 4.69) is 10.2 Å². The number of nitrogens with zero attached hydrogens (tertiary/aromatic N) is 1. The Morgan fingerprint density at radius 1 is 1.33 bits per heavy atom. The van der Waals surface area contributed by atoms with Crippen LogP contribution in [-0.4, -0.2) is 36.6 Å². The van der Waals surface area contributed by atoms with Crippen molar-refractivity contribution < 1.29 is 9.90 Å². The minimum atomic E-state index is 0.00505. The SMILES string of the molecule is CN(C)Cc1cccc(NC(=O)CCCCO)c1. The Morgan fingerprint density at radius 3 is 2.78 bits per heavy atom. The van der Waals surface area contributed by atoms with Crippen LogP contribution in [0.25, 0.3) is 0 Å². The van der Waals surface area contributed by atoms with Crippen LogP contribution in [-0.2, 0) is 11.3 Å². The molecule has 4 heteroatoms. The van der Waals surface area contributed by atoms with E-state index in [4.69, 9.17) is 5.11 Å². The minimum absolute atomic E-state index is 0.00505. The van der Waals surface area contributed by atoms with Crippen LogP contribution in [0.1, 0.15) is 24.8 Å². The van der Waals surface area contributed by atoms with E-state index in [0.717, 1.165) is 18.7 Å². The number of unbranched alkanes of at least 4 members (excludes halogenated alkanes) is 1. The molecule has 1 rings (SSSR count). The highest BCUT2D eigenvalue weighted by Gasteiger charge is 2.03. The maximum Gasteiger partial charge on any atom is 0.224 e. The van der Waals surface area contributed by atoms with Crippen molar-refractivity contribution in [2.45, 2.75) is 25.8 Å². The maximum absolute atomic E-state index is 11.6. The van der Waals surface area contributed by atoms with Gasteiger partial charge in [-0.25, -0.2) is 0 Å². The van der Waals surface area contributed by atoms with Gasteiger partial charge in [0.25, 0.3) is 0 Å². The van der Waals surface area contributed by atoms with Gasteiger partial charge in [0.05, 0.1) is 0 Å². The molecule has 4 nitrogen and oxygen atoms in total. The van der Waals surface area contributed by atoms with Crippen molar-refractivity contribution >= 4 is 11.6 Å². The average Bonchev–Trinajstić information content (AvgIpc) is 2.28. The third kappa shape index (κ3) is 5.80. The number of benzene rings is 1. The van der Waals surface area contributed by atoms with Gasteiger partial charge in [0.15, 0.2) is 0 Å². The number of rotatable bonds is 7. The van der Waals surface area contributed by atoms with Crippen LogP contribution < -0.4 is 5.32 Å². The van der Waals surface area contributed by atoms with Crippen molar-refractivity contribution in [3.8, 4) is 0 Å². The summed E-state index contributed by atoms with van der Waals surface area (Å²) < 4.78 is 0. The van der Waals surface area contributed by atoms with Crippen LogP contribution in [0.3, 0.4) is 0 Å². The van der Waals surface area contributed by atoms with E-state index in [1.54, 1.807) is 0 Å². The number of nitrogens with one attached hydrogen (secondary N) is 1. The van der Waals surface area contributed by atoms with Crippen molar-refractivity contribution in [2.75, 3.05) is 26.0 Å². The average molecular weight is 250 g/mol. The summed E-state index contributed by atoms with van der Waals surface area (Å²) in [6.07, 6.45) is 1.85.